The first-order chi connectivity index (χ1) is 13.6. The van der Waals surface area contributed by atoms with E-state index in [0.717, 1.165) is 18.4 Å². The summed E-state index contributed by atoms with van der Waals surface area (Å²) in [7, 11) is 3.13. The Balaban J connectivity index is 1.57. The number of fused-ring (bicyclic) bond motifs is 1. The standard InChI is InChI=1S/C21H24N2O4S/c1-26-16-10-14(11-17(13-16)27-2)8-9-20(24)22-23-21(25)19-12-15-6-4-3-5-7-18(15)28-19/h8-13H,3-7H2,1-2H3,(H,22,24)(H,23,25)/b9-8+. The van der Waals surface area contributed by atoms with Gasteiger partial charge in [-0.2, -0.15) is 0 Å². The molecule has 2 amide bonds. The summed E-state index contributed by atoms with van der Waals surface area (Å²) in [5.74, 6) is 0.548. The Hall–Kier alpha value is -2.80. The minimum absolute atomic E-state index is 0.289. The number of nitrogens with one attached hydrogen (secondary N) is 2. The quantitative estimate of drug-likeness (QED) is 0.457. The molecule has 2 N–H and O–H groups in total. The number of carbonyl (C=O) groups is 2. The molecule has 0 unspecified atom stereocenters. The zero-order valence-electron chi connectivity index (χ0n) is 16.0. The maximum Gasteiger partial charge on any atom is 0.279 e. The van der Waals surface area contributed by atoms with Gasteiger partial charge >= 0.3 is 0 Å². The number of rotatable bonds is 5. The van der Waals surface area contributed by atoms with Gasteiger partial charge in [-0.1, -0.05) is 6.42 Å². The molecule has 0 saturated heterocycles. The highest BCUT2D eigenvalue weighted by atomic mass is 32.1. The summed E-state index contributed by atoms with van der Waals surface area (Å²) >= 11 is 1.52. The van der Waals surface area contributed by atoms with E-state index in [1.54, 1.807) is 38.5 Å². The van der Waals surface area contributed by atoms with Crippen molar-refractivity contribution in [2.24, 2.45) is 0 Å². The number of benzene rings is 1. The monoisotopic (exact) mass is 400 g/mol. The van der Waals surface area contributed by atoms with Gasteiger partial charge in [0.25, 0.3) is 11.8 Å². The number of ether oxygens (including phenoxy) is 2. The fourth-order valence-corrected chi connectivity index (χ4v) is 4.25. The number of methoxy groups -OCH3 is 2. The van der Waals surface area contributed by atoms with Gasteiger partial charge < -0.3 is 9.47 Å². The third-order valence-electron chi connectivity index (χ3n) is 4.57. The summed E-state index contributed by atoms with van der Waals surface area (Å²) in [6.45, 7) is 0. The number of carbonyl (C=O) groups excluding carboxylic acids is 2. The fourth-order valence-electron chi connectivity index (χ4n) is 3.10. The Kier molecular flexibility index (Phi) is 6.71. The van der Waals surface area contributed by atoms with Gasteiger partial charge in [0.1, 0.15) is 11.5 Å². The highest BCUT2D eigenvalue weighted by Gasteiger charge is 2.16. The zero-order chi connectivity index (χ0) is 19.9. The Morgan fingerprint density at radius 2 is 1.68 bits per heavy atom. The molecular formula is C21H24N2O4S. The van der Waals surface area contributed by atoms with Gasteiger partial charge in [0.2, 0.25) is 0 Å². The summed E-state index contributed by atoms with van der Waals surface area (Å²) in [6, 6.07) is 7.26. The molecule has 7 heteroatoms. The average molecular weight is 401 g/mol. The molecule has 1 aliphatic carbocycles. The molecule has 1 aliphatic rings. The minimum atomic E-state index is -0.423. The highest BCUT2D eigenvalue weighted by Crippen LogP contribution is 2.28. The summed E-state index contributed by atoms with van der Waals surface area (Å²) in [5.41, 5.74) is 6.92. The first kappa shape index (κ1) is 19.9. The van der Waals surface area contributed by atoms with E-state index in [9.17, 15) is 9.59 Å². The Bertz CT molecular complexity index is 843. The second-order valence-electron chi connectivity index (χ2n) is 6.54. The van der Waals surface area contributed by atoms with Crippen molar-refractivity contribution in [2.75, 3.05) is 14.2 Å². The van der Waals surface area contributed by atoms with E-state index in [-0.39, 0.29) is 5.91 Å². The van der Waals surface area contributed by atoms with Crippen LogP contribution in [0, 0.1) is 0 Å². The molecular weight excluding hydrogens is 376 g/mol. The van der Waals surface area contributed by atoms with Crippen LogP contribution in [0.4, 0.5) is 0 Å². The Morgan fingerprint density at radius 1 is 0.964 bits per heavy atom. The molecule has 0 radical (unpaired) electrons. The van der Waals surface area contributed by atoms with Gasteiger partial charge in [-0.05, 0) is 61.1 Å². The lowest BCUT2D eigenvalue weighted by Crippen LogP contribution is -2.40. The van der Waals surface area contributed by atoms with Crippen LogP contribution in [-0.2, 0) is 17.6 Å². The van der Waals surface area contributed by atoms with Crippen molar-refractivity contribution in [2.45, 2.75) is 32.1 Å². The molecule has 2 aromatic rings. The predicted octanol–water partition coefficient (Wildman–Crippen LogP) is 3.51. The van der Waals surface area contributed by atoms with Crippen molar-refractivity contribution in [1.29, 1.82) is 0 Å². The molecule has 0 atom stereocenters. The summed E-state index contributed by atoms with van der Waals surface area (Å²) in [6.07, 6.45) is 8.61. The molecule has 0 saturated carbocycles. The van der Waals surface area contributed by atoms with E-state index in [0.29, 0.717) is 16.4 Å². The van der Waals surface area contributed by atoms with Crippen molar-refractivity contribution >= 4 is 29.2 Å². The number of aryl methyl sites for hydroxylation is 2. The molecule has 0 fully saturated rings. The van der Waals surface area contributed by atoms with Crippen LogP contribution < -0.4 is 20.3 Å². The molecule has 1 aromatic carbocycles. The Morgan fingerprint density at radius 3 is 2.39 bits per heavy atom. The van der Waals surface area contributed by atoms with Crippen molar-refractivity contribution in [1.82, 2.24) is 10.9 Å². The molecule has 3 rings (SSSR count). The van der Waals surface area contributed by atoms with Crippen molar-refractivity contribution in [3.8, 4) is 11.5 Å². The third kappa shape index (κ3) is 5.13. The van der Waals surface area contributed by atoms with E-state index >= 15 is 0 Å². The normalized spacial score (nSPS) is 13.5. The lowest BCUT2D eigenvalue weighted by molar-refractivity contribution is -0.117. The molecule has 0 aliphatic heterocycles. The van der Waals surface area contributed by atoms with E-state index in [1.165, 1.54) is 47.1 Å². The van der Waals surface area contributed by atoms with E-state index in [2.05, 4.69) is 10.9 Å². The van der Waals surface area contributed by atoms with E-state index < -0.39 is 5.91 Å². The highest BCUT2D eigenvalue weighted by molar-refractivity contribution is 7.14. The lowest BCUT2D eigenvalue weighted by Gasteiger charge is -2.06. The number of hydrazine groups is 1. The van der Waals surface area contributed by atoms with Crippen molar-refractivity contribution in [3.05, 3.63) is 51.2 Å². The van der Waals surface area contributed by atoms with Gasteiger partial charge in [0.05, 0.1) is 19.1 Å². The van der Waals surface area contributed by atoms with E-state index in [4.69, 9.17) is 9.47 Å². The molecule has 6 nitrogen and oxygen atoms in total. The zero-order valence-corrected chi connectivity index (χ0v) is 16.9. The maximum atomic E-state index is 12.3. The van der Waals surface area contributed by atoms with Crippen LogP contribution in [0.5, 0.6) is 11.5 Å². The van der Waals surface area contributed by atoms with Crippen LogP contribution in [0.25, 0.3) is 6.08 Å². The number of amides is 2. The molecule has 1 heterocycles. The van der Waals surface area contributed by atoms with Gasteiger partial charge in [-0.3, -0.25) is 20.4 Å². The van der Waals surface area contributed by atoms with E-state index in [1.807, 2.05) is 6.07 Å². The van der Waals surface area contributed by atoms with Crippen LogP contribution in [0.3, 0.4) is 0 Å². The smallest absolute Gasteiger partial charge is 0.279 e. The van der Waals surface area contributed by atoms with Gasteiger partial charge in [-0.25, -0.2) is 0 Å². The predicted molar refractivity (Wildman–Crippen MR) is 110 cm³/mol. The minimum Gasteiger partial charge on any atom is -0.497 e. The molecule has 148 valence electrons. The SMILES string of the molecule is COc1cc(/C=C/C(=O)NNC(=O)c2cc3c(s2)CCCCC3)cc(OC)c1. The number of hydrogen-bond acceptors (Lipinski definition) is 5. The average Bonchev–Trinajstić information content (AvgIpc) is 3.00. The first-order valence-electron chi connectivity index (χ1n) is 9.22. The lowest BCUT2D eigenvalue weighted by atomic mass is 10.1. The second kappa shape index (κ2) is 9.41. The molecule has 1 aromatic heterocycles. The van der Waals surface area contributed by atoms with Crippen LogP contribution in [0.15, 0.2) is 30.3 Å². The largest absolute Gasteiger partial charge is 0.497 e. The summed E-state index contributed by atoms with van der Waals surface area (Å²) < 4.78 is 10.4. The van der Waals surface area contributed by atoms with Crippen LogP contribution in [0.2, 0.25) is 0 Å². The van der Waals surface area contributed by atoms with Gasteiger partial charge in [-0.15, -0.1) is 11.3 Å². The molecule has 0 spiro atoms. The Labute approximate surface area is 168 Å². The van der Waals surface area contributed by atoms with Gasteiger partial charge in [0, 0.05) is 17.0 Å². The number of hydrogen-bond donors (Lipinski definition) is 2. The molecule has 28 heavy (non-hydrogen) atoms. The van der Waals surface area contributed by atoms with Crippen LogP contribution in [0.1, 0.15) is 44.9 Å². The topological polar surface area (TPSA) is 76.7 Å². The summed E-state index contributed by atoms with van der Waals surface area (Å²) in [4.78, 5) is 26.3. The third-order valence-corrected chi connectivity index (χ3v) is 5.81. The van der Waals surface area contributed by atoms with Gasteiger partial charge in [0.15, 0.2) is 0 Å². The summed E-state index contributed by atoms with van der Waals surface area (Å²) in [5, 5.41) is 0. The second-order valence-corrected chi connectivity index (χ2v) is 7.68. The van der Waals surface area contributed by atoms with Crippen molar-refractivity contribution in [3.63, 3.8) is 0 Å². The van der Waals surface area contributed by atoms with Crippen LogP contribution >= 0.6 is 11.3 Å². The first-order valence-corrected chi connectivity index (χ1v) is 10.0. The maximum absolute atomic E-state index is 12.3. The van der Waals surface area contributed by atoms with Crippen LogP contribution in [-0.4, -0.2) is 26.0 Å². The van der Waals surface area contributed by atoms with Crippen molar-refractivity contribution < 1.29 is 19.1 Å². The number of thiophene rings is 1. The molecule has 0 bridgehead atoms. The fraction of sp³-hybridized carbons (Fsp3) is 0.333.